The van der Waals surface area contributed by atoms with Gasteiger partial charge < -0.3 is 5.11 Å². The average Bonchev–Trinajstić information content (AvgIpc) is 2.71. The smallest absolute Gasteiger partial charge is 0.356 e. The number of rotatable bonds is 3. The first-order valence-electron chi connectivity index (χ1n) is 5.08. The van der Waals surface area contributed by atoms with E-state index in [9.17, 15) is 13.6 Å². The normalized spacial score (nSPS) is 10.9. The second kappa shape index (κ2) is 4.81. The third-order valence-electron chi connectivity index (χ3n) is 2.36. The summed E-state index contributed by atoms with van der Waals surface area (Å²) in [5.74, 6) is -1.12. The first kappa shape index (κ1) is 12.6. The van der Waals surface area contributed by atoms with E-state index in [-0.39, 0.29) is 11.3 Å². The Morgan fingerprint density at radius 2 is 1.94 bits per heavy atom. The Labute approximate surface area is 106 Å². The number of carbonyl (C=O) groups is 1. The maximum atomic E-state index is 12.4. The van der Waals surface area contributed by atoms with Crippen LogP contribution in [0.4, 0.5) is 8.78 Å². The van der Waals surface area contributed by atoms with Gasteiger partial charge in [0.15, 0.2) is 5.69 Å². The molecule has 0 saturated carbocycles. The third kappa shape index (κ3) is 2.38. The number of halogens is 2. The minimum Gasteiger partial charge on any atom is -0.476 e. The van der Waals surface area contributed by atoms with Crippen LogP contribution in [0.1, 0.15) is 27.5 Å². The maximum Gasteiger partial charge on any atom is 0.356 e. The molecule has 0 unspecified atom stereocenters. The molecule has 3 nitrogen and oxygen atoms in total. The Hall–Kier alpha value is -1.82. The van der Waals surface area contributed by atoms with E-state index in [4.69, 9.17) is 5.11 Å². The fraction of sp³-hybridized carbons (Fsp3) is 0.167. The van der Waals surface area contributed by atoms with Crippen LogP contribution in [0.15, 0.2) is 24.3 Å². The number of alkyl halides is 2. The van der Waals surface area contributed by atoms with Crippen molar-refractivity contribution in [2.75, 3.05) is 0 Å². The molecular weight excluding hydrogens is 260 g/mol. The van der Waals surface area contributed by atoms with Crippen molar-refractivity contribution in [2.45, 2.75) is 13.3 Å². The van der Waals surface area contributed by atoms with Gasteiger partial charge in [0.2, 0.25) is 0 Å². The van der Waals surface area contributed by atoms with Crippen LogP contribution in [0.2, 0.25) is 0 Å². The van der Waals surface area contributed by atoms with Crippen LogP contribution in [0.3, 0.4) is 0 Å². The van der Waals surface area contributed by atoms with Crippen LogP contribution in [0.5, 0.6) is 0 Å². The summed E-state index contributed by atoms with van der Waals surface area (Å²) in [6.45, 7) is 1.70. The van der Waals surface area contributed by atoms with Crippen LogP contribution in [-0.4, -0.2) is 16.1 Å². The number of benzene rings is 1. The molecule has 18 heavy (non-hydrogen) atoms. The highest BCUT2D eigenvalue weighted by molar-refractivity contribution is 7.15. The zero-order valence-electron chi connectivity index (χ0n) is 9.35. The number of hydrogen-bond donors (Lipinski definition) is 1. The van der Waals surface area contributed by atoms with Gasteiger partial charge in [-0.15, -0.1) is 11.3 Å². The minimum absolute atomic E-state index is 0.0395. The van der Waals surface area contributed by atoms with Crippen molar-refractivity contribution in [3.63, 3.8) is 0 Å². The SMILES string of the molecule is Cc1nc(C(=O)O)c(-c2ccc(C(F)F)cc2)s1. The van der Waals surface area contributed by atoms with Crippen LogP contribution < -0.4 is 0 Å². The largest absolute Gasteiger partial charge is 0.476 e. The van der Waals surface area contributed by atoms with Crippen molar-refractivity contribution < 1.29 is 18.7 Å². The number of aromatic carboxylic acids is 1. The van der Waals surface area contributed by atoms with Gasteiger partial charge in [-0.05, 0) is 12.5 Å². The maximum absolute atomic E-state index is 12.4. The zero-order chi connectivity index (χ0) is 13.3. The first-order chi connectivity index (χ1) is 8.49. The zero-order valence-corrected chi connectivity index (χ0v) is 10.2. The number of thiazole rings is 1. The van der Waals surface area contributed by atoms with Crippen molar-refractivity contribution in [3.05, 3.63) is 40.5 Å². The van der Waals surface area contributed by atoms with Crippen molar-refractivity contribution in [2.24, 2.45) is 0 Å². The molecule has 0 atom stereocenters. The Kier molecular flexibility index (Phi) is 3.38. The summed E-state index contributed by atoms with van der Waals surface area (Å²) in [7, 11) is 0. The first-order valence-corrected chi connectivity index (χ1v) is 5.90. The van der Waals surface area contributed by atoms with Gasteiger partial charge in [0, 0.05) is 5.56 Å². The fourth-order valence-corrected chi connectivity index (χ4v) is 2.46. The molecule has 0 spiro atoms. The van der Waals surface area contributed by atoms with Gasteiger partial charge in [-0.3, -0.25) is 0 Å². The lowest BCUT2D eigenvalue weighted by molar-refractivity contribution is 0.0692. The van der Waals surface area contributed by atoms with Gasteiger partial charge >= 0.3 is 5.97 Å². The number of aromatic nitrogens is 1. The quantitative estimate of drug-likeness (QED) is 0.923. The van der Waals surface area contributed by atoms with Gasteiger partial charge in [-0.25, -0.2) is 18.6 Å². The summed E-state index contributed by atoms with van der Waals surface area (Å²) < 4.78 is 24.8. The van der Waals surface area contributed by atoms with E-state index in [1.54, 1.807) is 6.92 Å². The highest BCUT2D eigenvalue weighted by Crippen LogP contribution is 2.31. The topological polar surface area (TPSA) is 50.2 Å². The van der Waals surface area contributed by atoms with Gasteiger partial charge in [0.1, 0.15) is 0 Å². The standard InChI is InChI=1S/C12H9F2NO2S/c1-6-15-9(12(16)17)10(18-6)7-2-4-8(5-3-7)11(13)14/h2-5,11H,1H3,(H,16,17). The predicted molar refractivity (Wildman–Crippen MR) is 64.2 cm³/mol. The van der Waals surface area contributed by atoms with Crippen LogP contribution in [-0.2, 0) is 0 Å². The van der Waals surface area contributed by atoms with Crippen molar-refractivity contribution >= 4 is 17.3 Å². The summed E-state index contributed by atoms with van der Waals surface area (Å²) in [5, 5.41) is 9.63. The molecule has 0 radical (unpaired) electrons. The molecule has 0 aliphatic rings. The molecule has 1 N–H and O–H groups in total. The van der Waals surface area contributed by atoms with Gasteiger partial charge in [0.25, 0.3) is 6.43 Å². The predicted octanol–water partition coefficient (Wildman–Crippen LogP) is 3.75. The highest BCUT2D eigenvalue weighted by atomic mass is 32.1. The molecule has 0 fully saturated rings. The lowest BCUT2D eigenvalue weighted by Gasteiger charge is -2.02. The van der Waals surface area contributed by atoms with E-state index in [0.29, 0.717) is 15.4 Å². The van der Waals surface area contributed by atoms with Crippen molar-refractivity contribution in [1.82, 2.24) is 4.98 Å². The second-order valence-electron chi connectivity index (χ2n) is 3.64. The average molecular weight is 269 g/mol. The number of carboxylic acid groups (broad SMARTS) is 1. The van der Waals surface area contributed by atoms with Gasteiger partial charge in [0.05, 0.1) is 9.88 Å². The Balaban J connectivity index is 2.45. The Morgan fingerprint density at radius 1 is 1.33 bits per heavy atom. The molecule has 1 heterocycles. The third-order valence-corrected chi connectivity index (χ3v) is 3.38. The van der Waals surface area contributed by atoms with E-state index >= 15 is 0 Å². The van der Waals surface area contributed by atoms with Crippen LogP contribution in [0, 0.1) is 6.92 Å². The lowest BCUT2D eigenvalue weighted by Crippen LogP contribution is -1.98. The summed E-state index contributed by atoms with van der Waals surface area (Å²) >= 11 is 1.23. The lowest BCUT2D eigenvalue weighted by atomic mass is 10.1. The summed E-state index contributed by atoms with van der Waals surface area (Å²) in [6.07, 6.45) is -2.53. The number of aryl methyl sites for hydroxylation is 1. The van der Waals surface area contributed by atoms with E-state index in [1.165, 1.54) is 35.6 Å². The van der Waals surface area contributed by atoms with E-state index in [2.05, 4.69) is 4.98 Å². The molecule has 0 bridgehead atoms. The van der Waals surface area contributed by atoms with Crippen molar-refractivity contribution in [3.8, 4) is 10.4 Å². The minimum atomic E-state index is -2.53. The molecule has 6 heteroatoms. The van der Waals surface area contributed by atoms with Crippen molar-refractivity contribution in [1.29, 1.82) is 0 Å². The van der Waals surface area contributed by atoms with Gasteiger partial charge in [-0.2, -0.15) is 0 Å². The van der Waals surface area contributed by atoms with E-state index in [0.717, 1.165) is 0 Å². The second-order valence-corrected chi connectivity index (χ2v) is 4.84. The summed E-state index contributed by atoms with van der Waals surface area (Å²) in [5.41, 5.74) is 0.460. The highest BCUT2D eigenvalue weighted by Gasteiger charge is 2.17. The van der Waals surface area contributed by atoms with E-state index in [1.807, 2.05) is 0 Å². The molecule has 0 amide bonds. The molecule has 94 valence electrons. The molecular formula is C12H9F2NO2S. The number of carboxylic acids is 1. The molecule has 1 aromatic carbocycles. The summed E-state index contributed by atoms with van der Waals surface area (Å²) in [6, 6.07) is 5.56. The Bertz CT molecular complexity index is 578. The molecule has 1 aromatic heterocycles. The molecule has 0 aliphatic heterocycles. The number of nitrogens with zero attached hydrogens (tertiary/aromatic N) is 1. The Morgan fingerprint density at radius 3 is 2.44 bits per heavy atom. The fourth-order valence-electron chi connectivity index (χ4n) is 1.55. The molecule has 2 rings (SSSR count). The van der Waals surface area contributed by atoms with Crippen LogP contribution in [0.25, 0.3) is 10.4 Å². The molecule has 0 saturated heterocycles. The molecule has 0 aliphatic carbocycles. The molecule has 2 aromatic rings. The van der Waals surface area contributed by atoms with Crippen LogP contribution >= 0.6 is 11.3 Å². The number of hydrogen-bond acceptors (Lipinski definition) is 3. The summed E-state index contributed by atoms with van der Waals surface area (Å²) in [4.78, 5) is 15.4. The van der Waals surface area contributed by atoms with E-state index < -0.39 is 12.4 Å². The monoisotopic (exact) mass is 269 g/mol. The van der Waals surface area contributed by atoms with Gasteiger partial charge in [-0.1, -0.05) is 24.3 Å².